The fourth-order valence-electron chi connectivity index (χ4n) is 9.47. The Kier molecular flexibility index (Phi) is 19.8. The van der Waals surface area contributed by atoms with Gasteiger partial charge in [0.15, 0.2) is 12.3 Å². The first kappa shape index (κ1) is 55.8. The zero-order chi connectivity index (χ0) is 49.8. The first-order valence-corrected chi connectivity index (χ1v) is 25.9. The Morgan fingerprint density at radius 3 is 2.04 bits per heavy atom. The second kappa shape index (κ2) is 24.8. The maximum atomic E-state index is 12.7. The Balaban J connectivity index is 0.00000913. The molecule has 1 N–H and O–H groups in total. The molecule has 1 atom stereocenters. The van der Waals surface area contributed by atoms with E-state index < -0.39 is 41.4 Å². The molecule has 6 rings (SSSR count). The average Bonchev–Trinajstić information content (AvgIpc) is 3.67. The summed E-state index contributed by atoms with van der Waals surface area (Å²) in [6.07, 6.45) is 15.7. The number of methoxy groups -OCH3 is 2. The summed E-state index contributed by atoms with van der Waals surface area (Å²) in [7, 11) is -7.16. The number of aliphatic carboxylic acids is 1. The number of rotatable bonds is 27. The van der Waals surface area contributed by atoms with E-state index in [-0.39, 0.29) is 43.2 Å². The number of ether oxygens (including phenoxy) is 5. The Bertz CT molecular complexity index is 2870. The van der Waals surface area contributed by atoms with Crippen LogP contribution in [0.5, 0.6) is 0 Å². The molecule has 17 heteroatoms. The van der Waals surface area contributed by atoms with E-state index in [2.05, 4.69) is 59.7 Å². The van der Waals surface area contributed by atoms with Gasteiger partial charge in [0.05, 0.1) is 54.8 Å². The third kappa shape index (κ3) is 13.1. The summed E-state index contributed by atoms with van der Waals surface area (Å²) in [6, 6.07) is 17.7. The number of carboxylic acids is 1. The van der Waals surface area contributed by atoms with Crippen molar-refractivity contribution in [2.45, 2.75) is 80.9 Å². The van der Waals surface area contributed by atoms with Crippen LogP contribution in [0.25, 0.3) is 21.5 Å². The first-order valence-electron chi connectivity index (χ1n) is 23.1. The minimum atomic E-state index is -5.25. The van der Waals surface area contributed by atoms with Crippen molar-refractivity contribution in [3.63, 3.8) is 0 Å². The van der Waals surface area contributed by atoms with Crippen LogP contribution >= 0.6 is 0 Å². The molecular formula is C53H67N2O13S2-. The predicted octanol–water partition coefficient (Wildman–Crippen LogP) is 8.52. The molecule has 0 radical (unpaired) electrons. The van der Waals surface area contributed by atoms with Crippen molar-refractivity contribution in [1.29, 1.82) is 0 Å². The molecule has 0 fully saturated rings. The number of unbranched alkanes of at least 4 members (excludes halogenated alkanes) is 2. The first-order chi connectivity index (χ1) is 32.9. The molecule has 2 heterocycles. The average molecular weight is 1000 g/mol. The molecule has 0 aliphatic carbocycles. The highest BCUT2D eigenvalue weighted by atomic mass is 32.2. The highest BCUT2D eigenvalue weighted by molar-refractivity contribution is 7.86. The fourth-order valence-corrected chi connectivity index (χ4v) is 10.8. The van der Waals surface area contributed by atoms with Gasteiger partial charge in [-0.2, -0.15) is 4.58 Å². The lowest BCUT2D eigenvalue weighted by Crippen LogP contribution is -2.30. The van der Waals surface area contributed by atoms with Gasteiger partial charge in [0.25, 0.3) is 0 Å². The molecule has 380 valence electrons. The van der Waals surface area contributed by atoms with Gasteiger partial charge < -0.3 is 42.8 Å². The van der Waals surface area contributed by atoms with Gasteiger partial charge in [-0.05, 0) is 97.5 Å². The molecule has 0 saturated carbocycles. The van der Waals surface area contributed by atoms with Crippen molar-refractivity contribution >= 4 is 64.8 Å². The van der Waals surface area contributed by atoms with Gasteiger partial charge in [-0.1, -0.05) is 74.6 Å². The maximum absolute atomic E-state index is 12.7. The zero-order valence-corrected chi connectivity index (χ0v) is 41.6. The summed E-state index contributed by atoms with van der Waals surface area (Å²) >= 11 is 0. The van der Waals surface area contributed by atoms with E-state index in [1.807, 2.05) is 49.4 Å². The summed E-state index contributed by atoms with van der Waals surface area (Å²) in [5.74, 6) is -0.893. The molecule has 0 spiro atoms. The third-order valence-electron chi connectivity index (χ3n) is 12.7. The van der Waals surface area contributed by atoms with E-state index in [1.165, 1.54) is 22.4 Å². The number of carbonyl (C=O) groups is 1. The minimum absolute atomic E-state index is 0. The van der Waals surface area contributed by atoms with Crippen LogP contribution in [-0.2, 0) is 59.5 Å². The maximum Gasteiger partial charge on any atom is 0.303 e. The summed E-state index contributed by atoms with van der Waals surface area (Å²) in [5, 5.41) is 11.8. The van der Waals surface area contributed by atoms with Gasteiger partial charge >= 0.3 is 5.97 Å². The van der Waals surface area contributed by atoms with Gasteiger partial charge in [0, 0.05) is 68.3 Å². The number of allylic oxidation sites excluding steroid dienone is 8. The number of hydrogen-bond acceptors (Lipinski definition) is 13. The highest BCUT2D eigenvalue weighted by Crippen LogP contribution is 2.54. The van der Waals surface area contributed by atoms with E-state index in [0.717, 1.165) is 23.2 Å². The Hall–Kier alpha value is -5.08. The van der Waals surface area contributed by atoms with E-state index in [1.54, 1.807) is 20.3 Å². The zero-order valence-electron chi connectivity index (χ0n) is 40.0. The molecule has 0 amide bonds. The molecule has 0 saturated heterocycles. The molecule has 2 aliphatic heterocycles. The lowest BCUT2D eigenvalue weighted by atomic mass is 9.76. The van der Waals surface area contributed by atoms with Crippen molar-refractivity contribution < 1.29 is 64.1 Å². The van der Waals surface area contributed by atoms with Crippen molar-refractivity contribution in [3.8, 4) is 0 Å². The number of hydrogen-bond donors (Lipinski definition) is 1. The Morgan fingerprint density at radius 1 is 0.714 bits per heavy atom. The summed E-state index contributed by atoms with van der Waals surface area (Å²) < 4.78 is 106. The molecule has 1 unspecified atom stereocenters. The van der Waals surface area contributed by atoms with Gasteiger partial charge in [-0.15, -0.1) is 0 Å². The lowest BCUT2D eigenvalue weighted by molar-refractivity contribution is -0.441. The number of nitrogens with zero attached hydrogens (tertiary/aromatic N) is 2. The predicted molar refractivity (Wildman–Crippen MR) is 271 cm³/mol. The summed E-state index contributed by atoms with van der Waals surface area (Å²) in [5.41, 5.74) is 4.16. The van der Waals surface area contributed by atoms with E-state index in [9.17, 15) is 35.8 Å². The normalized spacial score (nSPS) is 17.5. The number of carboxylic acid groups (broad SMARTS) is 1. The molecule has 4 aromatic carbocycles. The van der Waals surface area contributed by atoms with Crippen LogP contribution in [-0.4, -0.2) is 127 Å². The second-order valence-corrected chi connectivity index (χ2v) is 20.4. The quantitative estimate of drug-likeness (QED) is 0.0258. The van der Waals surface area contributed by atoms with Crippen LogP contribution in [0, 0.1) is 0 Å². The monoisotopic (exact) mass is 1000 g/mol. The van der Waals surface area contributed by atoms with Crippen molar-refractivity contribution in [2.24, 2.45) is 0 Å². The molecule has 2 aliphatic rings. The van der Waals surface area contributed by atoms with Crippen LogP contribution in [0.15, 0.2) is 119 Å². The minimum Gasteiger partial charge on any atom is -0.744 e. The van der Waals surface area contributed by atoms with Crippen LogP contribution < -0.4 is 4.90 Å². The van der Waals surface area contributed by atoms with Gasteiger partial charge in [0.1, 0.15) is 26.8 Å². The summed E-state index contributed by atoms with van der Waals surface area (Å²) in [6.45, 7) is 10.5. The van der Waals surface area contributed by atoms with Crippen LogP contribution in [0.3, 0.4) is 0 Å². The van der Waals surface area contributed by atoms with Crippen LogP contribution in [0.4, 0.5) is 11.4 Å². The fraction of sp³-hybridized carbons (Fsp3) is 0.434. The molecule has 70 heavy (non-hydrogen) atoms. The van der Waals surface area contributed by atoms with Gasteiger partial charge in [0.2, 0.25) is 5.69 Å². The van der Waals surface area contributed by atoms with Crippen molar-refractivity contribution in [1.82, 2.24) is 0 Å². The van der Waals surface area contributed by atoms with E-state index in [4.69, 9.17) is 23.7 Å². The van der Waals surface area contributed by atoms with Crippen molar-refractivity contribution in [3.05, 3.63) is 120 Å². The number of fused-ring (bicyclic) bond motifs is 6. The van der Waals surface area contributed by atoms with Gasteiger partial charge in [-0.25, -0.2) is 16.8 Å². The number of anilines is 1. The SMILES string of the molecule is C.COCCOCCOCCOCCC1(C)\C(=C/C=C/C=C/C=C/C2=[N+](CCOC)c3ccc4ccccc4c3C2(C)C)N(CCCCCC(=O)O)c2ccc3c(S(=O)(=O)[O-])cc(S(=O)(=O)[O-])cc3c21. The van der Waals surface area contributed by atoms with Crippen LogP contribution in [0.2, 0.25) is 0 Å². The molecule has 0 aromatic heterocycles. The summed E-state index contributed by atoms with van der Waals surface area (Å²) in [4.78, 5) is 11.7. The molecule has 0 bridgehead atoms. The largest absolute Gasteiger partial charge is 0.744 e. The third-order valence-corrected chi connectivity index (χ3v) is 14.4. The van der Waals surface area contributed by atoms with E-state index in [0.29, 0.717) is 95.7 Å². The lowest BCUT2D eigenvalue weighted by Gasteiger charge is -2.31. The molecular weight excluding hydrogens is 937 g/mol. The standard InChI is InChI=1S/C52H64N2O13S2.CH4/c1-51(2)46(54(27-29-63-4)43-23-21-38-16-13-14-17-40(38)49(43)51)18-10-7-6-8-11-19-47-52(3,25-28-65-32-33-67-35-34-66-31-30-64-5)50-42-36-39(68(57,58)59)37-45(69(60,61)62)41(42)22-24-44(50)53(47)26-15-9-12-20-48(55)56;/h6-8,10-11,13-14,16-19,21-24,36-37H,9,12,15,20,25-35H2,1-5H3,(H2-,55,56,57,58,59,60,61,62);1H4/p-1. The number of benzene rings is 4. The van der Waals surface area contributed by atoms with Crippen molar-refractivity contribution in [2.75, 3.05) is 85.1 Å². The Morgan fingerprint density at radius 2 is 1.37 bits per heavy atom. The Labute approximate surface area is 413 Å². The van der Waals surface area contributed by atoms with Gasteiger partial charge in [-0.3, -0.25) is 4.79 Å². The second-order valence-electron chi connectivity index (χ2n) is 17.7. The molecule has 4 aromatic rings. The van der Waals surface area contributed by atoms with E-state index >= 15 is 0 Å². The highest BCUT2D eigenvalue weighted by Gasteiger charge is 2.46. The molecule has 15 nitrogen and oxygen atoms in total. The topological polar surface area (TPSA) is 204 Å². The smallest absolute Gasteiger partial charge is 0.303 e. The van der Waals surface area contributed by atoms with Crippen LogP contribution in [0.1, 0.15) is 71.4 Å².